The van der Waals surface area contributed by atoms with Gasteiger partial charge in [-0.15, -0.1) is 0 Å². The predicted molar refractivity (Wildman–Crippen MR) is 86.3 cm³/mol. The summed E-state index contributed by atoms with van der Waals surface area (Å²) in [7, 11) is 1.41. The average molecular weight is 313 g/mol. The largest absolute Gasteiger partial charge is 0.494 e. The maximum Gasteiger partial charge on any atom is 0.251 e. The molecule has 0 unspecified atom stereocenters. The third-order valence-electron chi connectivity index (χ3n) is 3.59. The smallest absolute Gasteiger partial charge is 0.251 e. The number of methoxy groups -OCH3 is 1. The number of fused-ring (bicyclic) bond motifs is 1. The molecule has 0 spiro atoms. The van der Waals surface area contributed by atoms with Crippen LogP contribution >= 0.6 is 0 Å². The Bertz CT molecular complexity index is 758. The number of hydrogen-bond donors (Lipinski definition) is 0. The van der Waals surface area contributed by atoms with Crippen LogP contribution in [0.5, 0.6) is 11.5 Å². The van der Waals surface area contributed by atoms with E-state index in [4.69, 9.17) is 9.47 Å². The van der Waals surface area contributed by atoms with E-state index in [9.17, 15) is 9.18 Å². The van der Waals surface area contributed by atoms with Crippen molar-refractivity contribution in [1.82, 2.24) is 0 Å². The van der Waals surface area contributed by atoms with Crippen molar-refractivity contribution < 1.29 is 18.7 Å². The lowest BCUT2D eigenvalue weighted by molar-refractivity contribution is -0.114. The molecule has 0 N–H and O–H groups in total. The highest BCUT2D eigenvalue weighted by molar-refractivity contribution is 6.04. The third kappa shape index (κ3) is 3.18. The fourth-order valence-corrected chi connectivity index (χ4v) is 2.44. The third-order valence-corrected chi connectivity index (χ3v) is 3.59. The van der Waals surface area contributed by atoms with E-state index in [0.717, 1.165) is 5.69 Å². The van der Waals surface area contributed by atoms with Crippen LogP contribution in [0.25, 0.3) is 6.08 Å². The van der Waals surface area contributed by atoms with Crippen molar-refractivity contribution in [2.75, 3.05) is 25.2 Å². The van der Waals surface area contributed by atoms with Gasteiger partial charge >= 0.3 is 0 Å². The Hall–Kier alpha value is -2.82. The van der Waals surface area contributed by atoms with Crippen LogP contribution in [0.4, 0.5) is 10.1 Å². The lowest BCUT2D eigenvalue weighted by atomic mass is 10.2. The fraction of sp³-hybridized carbons (Fsp3) is 0.167. The number of carbonyl (C=O) groups excluding carboxylic acids is 1. The van der Waals surface area contributed by atoms with Crippen molar-refractivity contribution in [3.8, 4) is 11.5 Å². The van der Waals surface area contributed by atoms with E-state index in [2.05, 4.69) is 0 Å². The van der Waals surface area contributed by atoms with Gasteiger partial charge in [-0.05, 0) is 35.9 Å². The number of carbonyl (C=O) groups is 1. The second-order valence-electron chi connectivity index (χ2n) is 5.03. The second-order valence-corrected chi connectivity index (χ2v) is 5.03. The maximum absolute atomic E-state index is 13.7. The summed E-state index contributed by atoms with van der Waals surface area (Å²) in [6.45, 7) is 0.935. The molecule has 2 aromatic rings. The first kappa shape index (κ1) is 15.1. The molecule has 5 heteroatoms. The number of hydrogen-bond acceptors (Lipinski definition) is 3. The van der Waals surface area contributed by atoms with Gasteiger partial charge in [0.1, 0.15) is 12.4 Å². The first-order valence-corrected chi connectivity index (χ1v) is 7.24. The molecule has 0 saturated carbocycles. The van der Waals surface area contributed by atoms with Crippen molar-refractivity contribution in [3.63, 3.8) is 0 Å². The van der Waals surface area contributed by atoms with E-state index >= 15 is 0 Å². The molecule has 0 saturated heterocycles. The normalized spacial score (nSPS) is 13.6. The number of rotatable bonds is 3. The van der Waals surface area contributed by atoms with Crippen LogP contribution in [-0.4, -0.2) is 26.2 Å². The van der Waals surface area contributed by atoms with E-state index in [1.54, 1.807) is 17.0 Å². The number of nitrogens with zero attached hydrogens (tertiary/aromatic N) is 1. The quantitative estimate of drug-likeness (QED) is 0.816. The molecule has 0 aliphatic carbocycles. The Balaban J connectivity index is 1.78. The Kier molecular flexibility index (Phi) is 4.28. The summed E-state index contributed by atoms with van der Waals surface area (Å²) in [5.74, 6) is 0.238. The molecule has 118 valence electrons. The predicted octanol–water partition coefficient (Wildman–Crippen LogP) is 3.27. The number of amides is 1. The van der Waals surface area contributed by atoms with Crippen molar-refractivity contribution >= 4 is 17.7 Å². The molecule has 23 heavy (non-hydrogen) atoms. The lowest BCUT2D eigenvalue weighted by Gasteiger charge is -2.28. The number of halogens is 1. The van der Waals surface area contributed by atoms with E-state index in [0.29, 0.717) is 24.5 Å². The number of benzene rings is 2. The molecule has 1 heterocycles. The summed E-state index contributed by atoms with van der Waals surface area (Å²) in [6, 6.07) is 11.9. The zero-order valence-electron chi connectivity index (χ0n) is 12.7. The van der Waals surface area contributed by atoms with Crippen LogP contribution in [0.3, 0.4) is 0 Å². The van der Waals surface area contributed by atoms with E-state index in [1.165, 1.54) is 25.3 Å². The number of para-hydroxylation sites is 2. The van der Waals surface area contributed by atoms with Gasteiger partial charge in [-0.2, -0.15) is 0 Å². The first-order chi connectivity index (χ1) is 11.2. The molecule has 0 aromatic heterocycles. The summed E-state index contributed by atoms with van der Waals surface area (Å²) in [6.07, 6.45) is 3.02. The molecule has 0 radical (unpaired) electrons. The summed E-state index contributed by atoms with van der Waals surface area (Å²) in [5, 5.41) is 0. The summed E-state index contributed by atoms with van der Waals surface area (Å²) < 4.78 is 24.1. The van der Waals surface area contributed by atoms with Crippen LogP contribution in [0.1, 0.15) is 5.56 Å². The molecule has 4 nitrogen and oxygen atoms in total. The Morgan fingerprint density at radius 1 is 1.30 bits per heavy atom. The molecule has 0 fully saturated rings. The molecule has 0 atom stereocenters. The van der Waals surface area contributed by atoms with Gasteiger partial charge in [0.15, 0.2) is 11.6 Å². The average Bonchev–Trinajstić information content (AvgIpc) is 2.59. The summed E-state index contributed by atoms with van der Waals surface area (Å²) in [5.41, 5.74) is 1.34. The van der Waals surface area contributed by atoms with Gasteiger partial charge in [-0.1, -0.05) is 18.2 Å². The minimum atomic E-state index is -0.459. The molecular formula is C18H16FNO3. The van der Waals surface area contributed by atoms with Crippen LogP contribution in [-0.2, 0) is 4.79 Å². The van der Waals surface area contributed by atoms with Gasteiger partial charge in [0, 0.05) is 6.08 Å². The first-order valence-electron chi connectivity index (χ1n) is 7.24. The van der Waals surface area contributed by atoms with E-state index < -0.39 is 5.82 Å². The van der Waals surface area contributed by atoms with Crippen molar-refractivity contribution in [1.29, 1.82) is 0 Å². The van der Waals surface area contributed by atoms with Gasteiger partial charge in [0.2, 0.25) is 0 Å². The van der Waals surface area contributed by atoms with E-state index in [-0.39, 0.29) is 11.7 Å². The summed E-state index contributed by atoms with van der Waals surface area (Å²) in [4.78, 5) is 14.1. The fourth-order valence-electron chi connectivity index (χ4n) is 2.44. The van der Waals surface area contributed by atoms with Crippen LogP contribution in [0.15, 0.2) is 48.5 Å². The van der Waals surface area contributed by atoms with E-state index in [1.807, 2.05) is 24.3 Å². The van der Waals surface area contributed by atoms with Gasteiger partial charge < -0.3 is 14.4 Å². The highest BCUT2D eigenvalue weighted by atomic mass is 19.1. The Morgan fingerprint density at radius 3 is 2.91 bits per heavy atom. The van der Waals surface area contributed by atoms with Gasteiger partial charge in [-0.3, -0.25) is 4.79 Å². The zero-order valence-corrected chi connectivity index (χ0v) is 12.7. The zero-order chi connectivity index (χ0) is 16.2. The highest BCUT2D eigenvalue weighted by Crippen LogP contribution is 2.31. The van der Waals surface area contributed by atoms with Crippen LogP contribution < -0.4 is 14.4 Å². The molecule has 1 aliphatic heterocycles. The molecule has 3 rings (SSSR count). The molecular weight excluding hydrogens is 297 g/mol. The molecule has 1 amide bonds. The van der Waals surface area contributed by atoms with Gasteiger partial charge in [-0.25, -0.2) is 4.39 Å². The topological polar surface area (TPSA) is 38.8 Å². The molecule has 1 aliphatic rings. The lowest BCUT2D eigenvalue weighted by Crippen LogP contribution is -2.36. The van der Waals surface area contributed by atoms with Crippen LogP contribution in [0.2, 0.25) is 0 Å². The maximum atomic E-state index is 13.7. The molecule has 0 bridgehead atoms. The van der Waals surface area contributed by atoms with Crippen molar-refractivity contribution in [2.45, 2.75) is 0 Å². The SMILES string of the molecule is COc1ccc(/C=C/C(=O)N2CCOc3ccccc32)cc1F. The van der Waals surface area contributed by atoms with Crippen molar-refractivity contribution in [3.05, 3.63) is 59.9 Å². The van der Waals surface area contributed by atoms with Gasteiger partial charge in [0.25, 0.3) is 5.91 Å². The number of ether oxygens (including phenoxy) is 2. The van der Waals surface area contributed by atoms with Crippen LogP contribution in [0, 0.1) is 5.82 Å². The Morgan fingerprint density at radius 2 is 2.13 bits per heavy atom. The number of anilines is 1. The van der Waals surface area contributed by atoms with Crippen molar-refractivity contribution in [2.24, 2.45) is 0 Å². The second kappa shape index (κ2) is 6.52. The minimum Gasteiger partial charge on any atom is -0.494 e. The Labute approximate surface area is 133 Å². The minimum absolute atomic E-state index is 0.169. The standard InChI is InChI=1S/C18H16FNO3/c1-22-16-8-6-13(12-14(16)19)7-9-18(21)20-10-11-23-17-5-3-2-4-15(17)20/h2-9,12H,10-11H2,1H3/b9-7+. The highest BCUT2D eigenvalue weighted by Gasteiger charge is 2.21. The monoisotopic (exact) mass is 313 g/mol. The summed E-state index contributed by atoms with van der Waals surface area (Å²) >= 11 is 0. The van der Waals surface area contributed by atoms with Gasteiger partial charge in [0.05, 0.1) is 19.3 Å². The molecule has 2 aromatic carbocycles.